The molecule has 2 rings (SSSR count). The summed E-state index contributed by atoms with van der Waals surface area (Å²) < 4.78 is 0. The monoisotopic (exact) mass is 292 g/mol. The molecule has 17 heavy (non-hydrogen) atoms. The van der Waals surface area contributed by atoms with E-state index in [-0.39, 0.29) is 6.10 Å². The molecule has 0 saturated heterocycles. The zero-order valence-electron chi connectivity index (χ0n) is 9.43. The molecular weight excluding hydrogens is 279 g/mol. The van der Waals surface area contributed by atoms with Crippen molar-refractivity contribution in [2.45, 2.75) is 38.2 Å². The number of rotatable bonds is 3. The van der Waals surface area contributed by atoms with Crippen LogP contribution in [0.15, 0.2) is 12.1 Å². The van der Waals surface area contributed by atoms with E-state index in [1.807, 2.05) is 0 Å². The molecule has 1 N–H and O–H groups in total. The molecule has 0 aliphatic heterocycles. The SMILES string of the molecule is O[C@H](Cc1c(Cl)cc(Cl)cc1Cl)C1CCCC1. The van der Waals surface area contributed by atoms with Crippen molar-refractivity contribution in [3.8, 4) is 0 Å². The fourth-order valence-electron chi connectivity index (χ4n) is 2.49. The van der Waals surface area contributed by atoms with E-state index in [1.165, 1.54) is 12.8 Å². The molecule has 1 atom stereocenters. The van der Waals surface area contributed by atoms with Gasteiger partial charge in [-0.15, -0.1) is 0 Å². The Morgan fingerprint density at radius 3 is 2.18 bits per heavy atom. The van der Waals surface area contributed by atoms with Crippen LogP contribution in [0.4, 0.5) is 0 Å². The van der Waals surface area contributed by atoms with Gasteiger partial charge in [0.1, 0.15) is 0 Å². The lowest BCUT2D eigenvalue weighted by molar-refractivity contribution is 0.111. The first-order valence-corrected chi connectivity index (χ1v) is 7.03. The van der Waals surface area contributed by atoms with Crippen LogP contribution < -0.4 is 0 Å². The minimum absolute atomic E-state index is 0.353. The Morgan fingerprint density at radius 1 is 1.12 bits per heavy atom. The van der Waals surface area contributed by atoms with Crippen molar-refractivity contribution >= 4 is 34.8 Å². The van der Waals surface area contributed by atoms with E-state index in [0.29, 0.717) is 27.4 Å². The van der Waals surface area contributed by atoms with Crippen LogP contribution in [0.1, 0.15) is 31.2 Å². The summed E-state index contributed by atoms with van der Waals surface area (Å²) in [6, 6.07) is 3.34. The van der Waals surface area contributed by atoms with E-state index in [0.717, 1.165) is 18.4 Å². The third-order valence-electron chi connectivity index (χ3n) is 3.46. The van der Waals surface area contributed by atoms with E-state index >= 15 is 0 Å². The van der Waals surface area contributed by atoms with Gasteiger partial charge in [0.2, 0.25) is 0 Å². The highest BCUT2D eigenvalue weighted by Gasteiger charge is 2.24. The molecule has 4 heteroatoms. The van der Waals surface area contributed by atoms with Crippen LogP contribution in [0, 0.1) is 5.92 Å². The molecule has 1 aromatic rings. The third kappa shape index (κ3) is 3.29. The summed E-state index contributed by atoms with van der Waals surface area (Å²) >= 11 is 18.1. The molecule has 1 saturated carbocycles. The Hall–Kier alpha value is 0.0500. The van der Waals surface area contributed by atoms with Crippen LogP contribution in [0.2, 0.25) is 15.1 Å². The van der Waals surface area contributed by atoms with E-state index in [9.17, 15) is 5.11 Å². The second kappa shape index (κ2) is 5.79. The molecule has 0 aromatic heterocycles. The lowest BCUT2D eigenvalue weighted by Gasteiger charge is -2.19. The van der Waals surface area contributed by atoms with Crippen LogP contribution in [0.3, 0.4) is 0 Å². The predicted molar refractivity (Wildman–Crippen MR) is 73.1 cm³/mol. The van der Waals surface area contributed by atoms with Crippen molar-refractivity contribution in [1.29, 1.82) is 0 Å². The second-order valence-electron chi connectivity index (χ2n) is 4.66. The van der Waals surface area contributed by atoms with Crippen molar-refractivity contribution in [3.05, 3.63) is 32.8 Å². The number of benzene rings is 1. The van der Waals surface area contributed by atoms with Gasteiger partial charge >= 0.3 is 0 Å². The highest BCUT2D eigenvalue weighted by molar-refractivity contribution is 6.39. The fourth-order valence-corrected chi connectivity index (χ4v) is 3.46. The first-order chi connectivity index (χ1) is 8.08. The standard InChI is InChI=1S/C13H15Cl3O/c14-9-5-11(15)10(12(16)6-9)7-13(17)8-3-1-2-4-8/h5-6,8,13,17H,1-4,7H2/t13-/m1/s1. The number of halogens is 3. The first kappa shape index (κ1) is 13.5. The summed E-state index contributed by atoms with van der Waals surface area (Å²) in [7, 11) is 0. The molecule has 0 spiro atoms. The molecule has 1 fully saturated rings. The Bertz CT molecular complexity index is 377. The van der Waals surface area contributed by atoms with Crippen molar-refractivity contribution < 1.29 is 5.11 Å². The van der Waals surface area contributed by atoms with Crippen molar-refractivity contribution in [3.63, 3.8) is 0 Å². The highest BCUT2D eigenvalue weighted by atomic mass is 35.5. The van der Waals surface area contributed by atoms with Crippen molar-refractivity contribution in [2.75, 3.05) is 0 Å². The van der Waals surface area contributed by atoms with Crippen LogP contribution in [-0.2, 0) is 6.42 Å². The molecule has 0 amide bonds. The maximum atomic E-state index is 10.2. The summed E-state index contributed by atoms with van der Waals surface area (Å²) in [4.78, 5) is 0. The average Bonchev–Trinajstić information content (AvgIpc) is 2.76. The Balaban J connectivity index is 2.12. The van der Waals surface area contributed by atoms with Gasteiger partial charge in [0, 0.05) is 21.5 Å². The molecule has 0 bridgehead atoms. The quantitative estimate of drug-likeness (QED) is 0.853. The van der Waals surface area contributed by atoms with Gasteiger partial charge in [-0.3, -0.25) is 0 Å². The molecular formula is C13H15Cl3O. The van der Waals surface area contributed by atoms with Gasteiger partial charge in [-0.1, -0.05) is 47.6 Å². The Labute approximate surface area is 117 Å². The van der Waals surface area contributed by atoms with Gasteiger partial charge < -0.3 is 5.11 Å². The zero-order chi connectivity index (χ0) is 12.4. The average molecular weight is 294 g/mol. The normalized spacial score (nSPS) is 18.6. The molecule has 0 radical (unpaired) electrons. The van der Waals surface area contributed by atoms with Gasteiger partial charge in [0.15, 0.2) is 0 Å². The molecule has 1 aliphatic rings. The van der Waals surface area contributed by atoms with Crippen LogP contribution in [0.25, 0.3) is 0 Å². The summed E-state index contributed by atoms with van der Waals surface area (Å²) in [5, 5.41) is 11.8. The molecule has 0 unspecified atom stereocenters. The maximum Gasteiger partial charge on any atom is 0.0609 e. The Morgan fingerprint density at radius 2 is 1.65 bits per heavy atom. The van der Waals surface area contributed by atoms with Gasteiger partial charge in [-0.05, 0) is 36.5 Å². The van der Waals surface area contributed by atoms with Gasteiger partial charge in [0.05, 0.1) is 6.10 Å². The number of hydrogen-bond donors (Lipinski definition) is 1. The molecule has 1 nitrogen and oxygen atoms in total. The van der Waals surface area contributed by atoms with E-state index < -0.39 is 0 Å². The molecule has 0 heterocycles. The van der Waals surface area contributed by atoms with Crippen LogP contribution >= 0.6 is 34.8 Å². The maximum absolute atomic E-state index is 10.2. The minimum Gasteiger partial charge on any atom is -0.392 e. The molecule has 1 aliphatic carbocycles. The van der Waals surface area contributed by atoms with Crippen LogP contribution in [0.5, 0.6) is 0 Å². The van der Waals surface area contributed by atoms with Crippen molar-refractivity contribution in [1.82, 2.24) is 0 Å². The van der Waals surface area contributed by atoms with Crippen LogP contribution in [-0.4, -0.2) is 11.2 Å². The first-order valence-electron chi connectivity index (χ1n) is 5.89. The minimum atomic E-state index is -0.353. The van der Waals surface area contributed by atoms with E-state index in [2.05, 4.69) is 0 Å². The van der Waals surface area contributed by atoms with Gasteiger partial charge in [0.25, 0.3) is 0 Å². The summed E-state index contributed by atoms with van der Waals surface area (Å²) in [5.74, 6) is 0.387. The van der Waals surface area contributed by atoms with Gasteiger partial charge in [-0.25, -0.2) is 0 Å². The zero-order valence-corrected chi connectivity index (χ0v) is 11.7. The highest BCUT2D eigenvalue weighted by Crippen LogP contribution is 2.34. The predicted octanol–water partition coefficient (Wildman–Crippen LogP) is 4.74. The number of aliphatic hydroxyl groups excluding tert-OH is 1. The summed E-state index contributed by atoms with van der Waals surface area (Å²) in [6.07, 6.45) is 4.79. The summed E-state index contributed by atoms with van der Waals surface area (Å²) in [5.41, 5.74) is 0.803. The summed E-state index contributed by atoms with van der Waals surface area (Å²) in [6.45, 7) is 0. The van der Waals surface area contributed by atoms with Crippen molar-refractivity contribution in [2.24, 2.45) is 5.92 Å². The lowest BCUT2D eigenvalue weighted by Crippen LogP contribution is -2.20. The molecule has 1 aromatic carbocycles. The number of aliphatic hydroxyl groups is 1. The smallest absolute Gasteiger partial charge is 0.0609 e. The second-order valence-corrected chi connectivity index (χ2v) is 5.91. The Kier molecular flexibility index (Phi) is 4.59. The fraction of sp³-hybridized carbons (Fsp3) is 0.538. The largest absolute Gasteiger partial charge is 0.392 e. The molecule has 94 valence electrons. The number of hydrogen-bond acceptors (Lipinski definition) is 1. The topological polar surface area (TPSA) is 20.2 Å². The third-order valence-corrected chi connectivity index (χ3v) is 4.36. The van der Waals surface area contributed by atoms with E-state index in [4.69, 9.17) is 34.8 Å². The lowest BCUT2D eigenvalue weighted by atomic mass is 9.95. The van der Waals surface area contributed by atoms with Gasteiger partial charge in [-0.2, -0.15) is 0 Å². The van der Waals surface area contributed by atoms with E-state index in [1.54, 1.807) is 12.1 Å².